The summed E-state index contributed by atoms with van der Waals surface area (Å²) in [7, 11) is 1.27. The molecule has 0 saturated heterocycles. The van der Waals surface area contributed by atoms with Gasteiger partial charge in [0.15, 0.2) is 46.0 Å². The molecule has 0 bridgehead atoms. The molecule has 10 rings (SSSR count). The maximum atomic E-state index is 14.5. The minimum absolute atomic E-state index is 0.0237. The zero-order chi connectivity index (χ0) is 58.3. The van der Waals surface area contributed by atoms with E-state index in [1.54, 1.807) is 24.3 Å². The van der Waals surface area contributed by atoms with Crippen LogP contribution in [0.5, 0.6) is 11.5 Å². The second-order valence-corrected chi connectivity index (χ2v) is 21.0. The summed E-state index contributed by atoms with van der Waals surface area (Å²) in [5.74, 6) is -1.52. The summed E-state index contributed by atoms with van der Waals surface area (Å²) in [6.45, 7) is 5.47. The summed E-state index contributed by atoms with van der Waals surface area (Å²) in [5.41, 5.74) is 1.80. The normalized spacial score (nSPS) is 15.2. The number of phenolic OH excluding ortho intramolecular Hbond substituents is 1. The molecule has 0 radical (unpaired) electrons. The number of ketones is 2. The predicted molar refractivity (Wildman–Crippen MR) is 286 cm³/mol. The average Bonchev–Trinajstić information content (AvgIpc) is 4.46. The molecule has 14 nitrogen and oxygen atoms in total. The van der Waals surface area contributed by atoms with Crippen LogP contribution < -0.4 is 15.4 Å². The van der Waals surface area contributed by atoms with Crippen molar-refractivity contribution in [3.63, 3.8) is 0 Å². The summed E-state index contributed by atoms with van der Waals surface area (Å²) in [6, 6.07) is 21.2. The largest absolute Gasteiger partial charge is 0.505 e. The van der Waals surface area contributed by atoms with Gasteiger partial charge in [0.2, 0.25) is 0 Å². The number of nitrogens with zero attached hydrogens (tertiary/aromatic N) is 6. The smallest absolute Gasteiger partial charge is 0.390 e. The number of para-hydroxylation sites is 2. The molecular formula is C59H58F8N8O6. The van der Waals surface area contributed by atoms with Crippen molar-refractivity contribution < 1.29 is 64.8 Å². The molecule has 2 atom stereocenters. The zero-order valence-electron chi connectivity index (χ0n) is 44.7. The van der Waals surface area contributed by atoms with Crippen molar-refractivity contribution in [3.8, 4) is 34.0 Å². The highest BCUT2D eigenvalue weighted by Crippen LogP contribution is 2.41. The van der Waals surface area contributed by atoms with Crippen LogP contribution in [0.4, 0.5) is 46.5 Å². The Kier molecular flexibility index (Phi) is 16.0. The summed E-state index contributed by atoms with van der Waals surface area (Å²) in [6.07, 6.45) is -2.64. The standard InChI is InChI=1S/C30H30F4N4O3.C29H28F4N4O3/c1-17-13-19(9-10-20(17)25(39)14-18-7-8-18)24-16-36-28-23(35-12-11-30(32,33)34)15-26(37-38(24)28)29(2,40)21-5-4-6-22(31)27(21)41-3;1-16-12-18(8-9-19(16)24(38)13-17-6-7-17)23-15-35-27-22(34-11-10-29(31,32)33)14-25(36-37(23)27)28(2,40)20-4-3-5-21(30)26(20)39/h4-6,9-10,13,15-16,18,35,40H,7-8,11-12,14H2,1-3H3;3-5,8-9,12,14-15,17,34,39-40H,6-7,10-11,13H2,1-2H3. The van der Waals surface area contributed by atoms with E-state index < -0.39 is 66.9 Å². The van der Waals surface area contributed by atoms with Crippen molar-refractivity contribution in [1.82, 2.24) is 29.2 Å². The Labute approximate surface area is 459 Å². The van der Waals surface area contributed by atoms with E-state index in [-0.39, 0.29) is 62.5 Å². The van der Waals surface area contributed by atoms with Crippen LogP contribution in [0.15, 0.2) is 97.3 Å². The van der Waals surface area contributed by atoms with Crippen LogP contribution in [0.25, 0.3) is 33.8 Å². The van der Waals surface area contributed by atoms with Crippen LogP contribution in [-0.4, -0.2) is 88.6 Å². The van der Waals surface area contributed by atoms with Gasteiger partial charge in [-0.3, -0.25) is 9.59 Å². The zero-order valence-corrected chi connectivity index (χ0v) is 44.7. The first-order valence-electron chi connectivity index (χ1n) is 26.2. The van der Waals surface area contributed by atoms with Crippen molar-refractivity contribution in [2.75, 3.05) is 30.8 Å². The highest BCUT2D eigenvalue weighted by atomic mass is 19.4. The Morgan fingerprint density at radius 1 is 0.630 bits per heavy atom. The van der Waals surface area contributed by atoms with Gasteiger partial charge in [0.05, 0.1) is 66.5 Å². The highest BCUT2D eigenvalue weighted by Gasteiger charge is 2.36. The molecule has 2 aliphatic rings. The minimum atomic E-state index is -4.39. The van der Waals surface area contributed by atoms with Gasteiger partial charge in [-0.2, -0.15) is 36.5 Å². The van der Waals surface area contributed by atoms with Gasteiger partial charge in [0.25, 0.3) is 0 Å². The molecule has 8 aromatic rings. The van der Waals surface area contributed by atoms with Crippen LogP contribution in [0.1, 0.15) is 120 Å². The quantitative estimate of drug-likeness (QED) is 0.0381. The van der Waals surface area contributed by atoms with Crippen LogP contribution in [0.3, 0.4) is 0 Å². The van der Waals surface area contributed by atoms with E-state index in [0.29, 0.717) is 58.3 Å². The van der Waals surface area contributed by atoms with Crippen LogP contribution in [0, 0.1) is 37.3 Å². The van der Waals surface area contributed by atoms with Gasteiger partial charge in [-0.05, 0) is 113 Å². The molecule has 2 unspecified atom stereocenters. The molecule has 2 saturated carbocycles. The molecule has 0 amide bonds. The molecule has 4 aromatic carbocycles. The number of carbonyl (C=O) groups excluding carboxylic acids is 2. The number of alkyl halides is 6. The number of hydrogen-bond donors (Lipinski definition) is 5. The number of rotatable bonds is 19. The average molecular weight is 1130 g/mol. The van der Waals surface area contributed by atoms with Crippen molar-refractivity contribution in [2.24, 2.45) is 11.8 Å². The van der Waals surface area contributed by atoms with E-state index in [9.17, 15) is 60.0 Å². The van der Waals surface area contributed by atoms with Crippen molar-refractivity contribution in [3.05, 3.63) is 154 Å². The Morgan fingerprint density at radius 2 is 1.05 bits per heavy atom. The number of fused-ring (bicyclic) bond motifs is 2. The number of hydrogen-bond acceptors (Lipinski definition) is 12. The van der Waals surface area contributed by atoms with Gasteiger partial charge in [-0.25, -0.2) is 27.8 Å². The molecule has 4 heterocycles. The van der Waals surface area contributed by atoms with E-state index in [2.05, 4.69) is 30.8 Å². The van der Waals surface area contributed by atoms with Gasteiger partial charge < -0.3 is 30.7 Å². The van der Waals surface area contributed by atoms with E-state index in [0.717, 1.165) is 42.9 Å². The fourth-order valence-electron chi connectivity index (χ4n) is 9.69. The number of aryl methyl sites for hydroxylation is 2. The first kappa shape index (κ1) is 57.7. The lowest BCUT2D eigenvalue weighted by Crippen LogP contribution is -2.27. The maximum absolute atomic E-state index is 14.5. The lowest BCUT2D eigenvalue weighted by molar-refractivity contribution is -0.132. The molecule has 0 aliphatic heterocycles. The number of phenols is 1. The number of halogens is 8. The number of aliphatic hydroxyl groups is 2. The second-order valence-electron chi connectivity index (χ2n) is 21.0. The number of imidazole rings is 2. The molecule has 81 heavy (non-hydrogen) atoms. The number of Topliss-reactive ketones (excluding diaryl/α,β-unsaturated/α-hetero) is 2. The van der Waals surface area contributed by atoms with Crippen molar-refractivity contribution in [2.45, 2.75) is 103 Å². The summed E-state index contributed by atoms with van der Waals surface area (Å²) < 4.78 is 114. The van der Waals surface area contributed by atoms with Crippen molar-refractivity contribution in [1.29, 1.82) is 0 Å². The van der Waals surface area contributed by atoms with E-state index in [1.165, 1.54) is 84.8 Å². The Bertz CT molecular complexity index is 3680. The Balaban J connectivity index is 0.000000196. The lowest BCUT2D eigenvalue weighted by Gasteiger charge is -2.26. The third-order valence-electron chi connectivity index (χ3n) is 14.6. The second kappa shape index (κ2) is 22.5. The molecule has 0 spiro atoms. The third kappa shape index (κ3) is 12.8. The molecule has 2 aliphatic carbocycles. The number of nitrogens with one attached hydrogen (secondary N) is 2. The topological polar surface area (TPSA) is 188 Å². The Morgan fingerprint density at radius 3 is 1.46 bits per heavy atom. The lowest BCUT2D eigenvalue weighted by atomic mass is 9.91. The number of anilines is 2. The van der Waals surface area contributed by atoms with E-state index in [4.69, 9.17) is 4.74 Å². The van der Waals surface area contributed by atoms with Gasteiger partial charge in [-0.15, -0.1) is 0 Å². The molecule has 22 heteroatoms. The summed E-state index contributed by atoms with van der Waals surface area (Å²) in [4.78, 5) is 34.2. The first-order chi connectivity index (χ1) is 38.2. The van der Waals surface area contributed by atoms with Crippen molar-refractivity contribution >= 4 is 34.2 Å². The third-order valence-corrected chi connectivity index (χ3v) is 14.6. The molecule has 2 fully saturated rings. The number of aromatic nitrogens is 6. The number of ether oxygens (including phenoxy) is 1. The highest BCUT2D eigenvalue weighted by molar-refractivity contribution is 5.99. The fraction of sp³-hybridized carbons (Fsp3) is 0.356. The number of aromatic hydroxyl groups is 1. The first-order valence-corrected chi connectivity index (χ1v) is 26.2. The van der Waals surface area contributed by atoms with Crippen LogP contribution in [0.2, 0.25) is 0 Å². The summed E-state index contributed by atoms with van der Waals surface area (Å²) >= 11 is 0. The van der Waals surface area contributed by atoms with E-state index in [1.807, 2.05) is 26.0 Å². The minimum Gasteiger partial charge on any atom is -0.505 e. The molecule has 5 N–H and O–H groups in total. The maximum Gasteiger partial charge on any atom is 0.390 e. The van der Waals surface area contributed by atoms with E-state index >= 15 is 0 Å². The SMILES string of the molecule is COc1c(F)cccc1C(C)(O)c1cc(NCCC(F)(F)F)c2ncc(-c3ccc(C(=O)CC4CC4)c(C)c3)n2n1.Cc1cc(-c2cnc3c(NCCC(F)(F)F)cc(C(C)(O)c4cccc(F)c4O)nn23)ccc1C(=O)CC1CC1. The molecular weight excluding hydrogens is 1070 g/mol. The molecule has 4 aromatic heterocycles. The fourth-order valence-corrected chi connectivity index (χ4v) is 9.69. The van der Waals surface area contributed by atoms with Gasteiger partial charge >= 0.3 is 12.4 Å². The van der Waals surface area contributed by atoms with Crippen LogP contribution >= 0.6 is 0 Å². The molecule has 426 valence electrons. The monoisotopic (exact) mass is 1130 g/mol. The number of methoxy groups -OCH3 is 1. The van der Waals surface area contributed by atoms with Gasteiger partial charge in [0, 0.05) is 59.3 Å². The summed E-state index contributed by atoms with van der Waals surface area (Å²) in [5, 5.41) is 48.1. The number of carbonyl (C=O) groups is 2. The van der Waals surface area contributed by atoms with Crippen LogP contribution in [-0.2, 0) is 11.2 Å². The Hall–Kier alpha value is -7.98. The predicted octanol–water partition coefficient (Wildman–Crippen LogP) is 12.6. The number of benzene rings is 4. The van der Waals surface area contributed by atoms with Gasteiger partial charge in [0.1, 0.15) is 11.2 Å². The van der Waals surface area contributed by atoms with Gasteiger partial charge in [-0.1, -0.05) is 48.5 Å².